The zero-order chi connectivity index (χ0) is 18.0. The first-order valence-electron chi connectivity index (χ1n) is 8.22. The molecule has 0 aliphatic carbocycles. The van der Waals surface area contributed by atoms with Crippen LogP contribution < -0.4 is 4.74 Å². The lowest BCUT2D eigenvalue weighted by atomic mass is 10.1. The molecule has 0 aliphatic heterocycles. The molecule has 7 nitrogen and oxygen atoms in total. The molecule has 1 aromatic carbocycles. The molecule has 3 rings (SSSR count). The summed E-state index contributed by atoms with van der Waals surface area (Å²) >= 11 is 0. The summed E-state index contributed by atoms with van der Waals surface area (Å²) in [5.74, 6) is 2.36. The van der Waals surface area contributed by atoms with Crippen molar-refractivity contribution in [1.82, 2.24) is 20.0 Å². The van der Waals surface area contributed by atoms with E-state index in [1.54, 1.807) is 25.1 Å². The average Bonchev–Trinajstić information content (AvgIpc) is 3.24. The van der Waals surface area contributed by atoms with E-state index in [-0.39, 0.29) is 11.8 Å². The van der Waals surface area contributed by atoms with Gasteiger partial charge in [0.15, 0.2) is 5.69 Å². The summed E-state index contributed by atoms with van der Waals surface area (Å²) in [6.45, 7) is 4.52. The molecule has 0 unspecified atom stereocenters. The van der Waals surface area contributed by atoms with Gasteiger partial charge in [-0.1, -0.05) is 19.0 Å². The number of nitrogens with one attached hydrogen (secondary N) is 1. The lowest BCUT2D eigenvalue weighted by Gasteiger charge is -2.14. The number of hydrogen-bond donors (Lipinski definition) is 1. The minimum Gasteiger partial charge on any atom is -0.497 e. The SMILES string of the molecule is COc1ccc2nc(CCN(C)C(=O)c3cc(C(C)C)on3)[nH]c2c1. The number of H-pyrrole nitrogens is 1. The van der Waals surface area contributed by atoms with E-state index in [2.05, 4.69) is 15.1 Å². The van der Waals surface area contributed by atoms with Crippen LogP contribution in [0.15, 0.2) is 28.8 Å². The quantitative estimate of drug-likeness (QED) is 0.744. The number of methoxy groups -OCH3 is 1. The lowest BCUT2D eigenvalue weighted by Crippen LogP contribution is -2.29. The van der Waals surface area contributed by atoms with Crippen LogP contribution in [-0.2, 0) is 6.42 Å². The van der Waals surface area contributed by atoms with Gasteiger partial charge in [0.05, 0.1) is 18.1 Å². The number of carbonyl (C=O) groups is 1. The molecule has 132 valence electrons. The highest BCUT2D eigenvalue weighted by Crippen LogP contribution is 2.19. The molecule has 0 radical (unpaired) electrons. The monoisotopic (exact) mass is 342 g/mol. The number of nitrogens with zero attached hydrogens (tertiary/aromatic N) is 3. The summed E-state index contributed by atoms with van der Waals surface area (Å²) in [6, 6.07) is 7.39. The molecule has 0 atom stereocenters. The minimum absolute atomic E-state index is 0.159. The first kappa shape index (κ1) is 17.0. The van der Waals surface area contributed by atoms with Gasteiger partial charge in [0.25, 0.3) is 5.91 Å². The van der Waals surface area contributed by atoms with Crippen molar-refractivity contribution in [2.45, 2.75) is 26.2 Å². The lowest BCUT2D eigenvalue weighted by molar-refractivity contribution is 0.0785. The standard InChI is InChI=1S/C18H22N4O3/c1-11(2)16-10-15(21-25-16)18(23)22(3)8-7-17-19-13-6-5-12(24-4)9-14(13)20-17/h5-6,9-11H,7-8H2,1-4H3,(H,19,20). The zero-order valence-corrected chi connectivity index (χ0v) is 14.9. The van der Waals surface area contributed by atoms with E-state index in [0.29, 0.717) is 24.4 Å². The molecule has 0 saturated carbocycles. The second-order valence-corrected chi connectivity index (χ2v) is 6.31. The molecule has 0 saturated heterocycles. The summed E-state index contributed by atoms with van der Waals surface area (Å²) in [5.41, 5.74) is 2.13. The van der Waals surface area contributed by atoms with Gasteiger partial charge in [-0.15, -0.1) is 0 Å². The number of aromatic nitrogens is 3. The Morgan fingerprint density at radius 1 is 1.36 bits per heavy atom. The molecule has 1 amide bonds. The third-order valence-electron chi connectivity index (χ3n) is 4.09. The minimum atomic E-state index is -0.159. The van der Waals surface area contributed by atoms with E-state index < -0.39 is 0 Å². The molecule has 25 heavy (non-hydrogen) atoms. The molecule has 7 heteroatoms. The maximum atomic E-state index is 12.4. The van der Waals surface area contributed by atoms with Crippen LogP contribution in [0, 0.1) is 0 Å². The van der Waals surface area contributed by atoms with Gasteiger partial charge in [-0.05, 0) is 12.1 Å². The second-order valence-electron chi connectivity index (χ2n) is 6.31. The Kier molecular flexibility index (Phi) is 4.74. The maximum absolute atomic E-state index is 12.4. The van der Waals surface area contributed by atoms with Crippen molar-refractivity contribution >= 4 is 16.9 Å². The molecule has 0 bridgehead atoms. The van der Waals surface area contributed by atoms with E-state index in [9.17, 15) is 4.79 Å². The normalized spacial score (nSPS) is 11.2. The van der Waals surface area contributed by atoms with Crippen LogP contribution in [0.5, 0.6) is 5.75 Å². The number of hydrogen-bond acceptors (Lipinski definition) is 5. The first-order chi connectivity index (χ1) is 12.0. The number of aromatic amines is 1. The van der Waals surface area contributed by atoms with Crippen molar-refractivity contribution in [3.05, 3.63) is 41.5 Å². The number of amides is 1. The highest BCUT2D eigenvalue weighted by molar-refractivity contribution is 5.92. The fourth-order valence-electron chi connectivity index (χ4n) is 2.52. The number of imidazole rings is 1. The van der Waals surface area contributed by atoms with Gasteiger partial charge in [0, 0.05) is 38.1 Å². The predicted molar refractivity (Wildman–Crippen MR) is 93.9 cm³/mol. The Morgan fingerprint density at radius 3 is 2.84 bits per heavy atom. The van der Waals surface area contributed by atoms with Crippen molar-refractivity contribution in [2.75, 3.05) is 20.7 Å². The van der Waals surface area contributed by atoms with E-state index in [1.807, 2.05) is 32.0 Å². The van der Waals surface area contributed by atoms with E-state index >= 15 is 0 Å². The van der Waals surface area contributed by atoms with Gasteiger partial charge < -0.3 is 19.1 Å². The van der Waals surface area contributed by atoms with Crippen LogP contribution >= 0.6 is 0 Å². The summed E-state index contributed by atoms with van der Waals surface area (Å²) < 4.78 is 10.4. The molecule has 2 heterocycles. The second kappa shape index (κ2) is 6.96. The Hall–Kier alpha value is -2.83. The predicted octanol–water partition coefficient (Wildman–Crippen LogP) is 3.00. The molecular formula is C18H22N4O3. The van der Waals surface area contributed by atoms with E-state index in [1.165, 1.54) is 0 Å². The molecule has 1 N–H and O–H groups in total. The fourth-order valence-corrected chi connectivity index (χ4v) is 2.52. The number of ether oxygens (including phenoxy) is 1. The number of fused-ring (bicyclic) bond motifs is 1. The van der Waals surface area contributed by atoms with Crippen molar-refractivity contribution in [3.63, 3.8) is 0 Å². The largest absolute Gasteiger partial charge is 0.497 e. The summed E-state index contributed by atoms with van der Waals surface area (Å²) in [7, 11) is 3.38. The topological polar surface area (TPSA) is 84.2 Å². The Bertz CT molecular complexity index is 881. The molecule has 0 fully saturated rings. The number of carbonyl (C=O) groups excluding carboxylic acids is 1. The summed E-state index contributed by atoms with van der Waals surface area (Å²) in [6.07, 6.45) is 0.619. The molecule has 0 aliphatic rings. The van der Waals surface area contributed by atoms with E-state index in [4.69, 9.17) is 9.26 Å². The first-order valence-corrected chi connectivity index (χ1v) is 8.22. The van der Waals surface area contributed by atoms with Crippen molar-refractivity contribution in [1.29, 1.82) is 0 Å². The summed E-state index contributed by atoms with van der Waals surface area (Å²) in [5, 5.41) is 3.86. The van der Waals surface area contributed by atoms with Gasteiger partial charge in [-0.3, -0.25) is 4.79 Å². The fraction of sp³-hybridized carbons (Fsp3) is 0.389. The van der Waals surface area contributed by atoms with Crippen LogP contribution in [0.2, 0.25) is 0 Å². The van der Waals surface area contributed by atoms with Crippen LogP contribution in [-0.4, -0.2) is 46.6 Å². The smallest absolute Gasteiger partial charge is 0.275 e. The number of benzene rings is 1. The van der Waals surface area contributed by atoms with Crippen LogP contribution in [0.4, 0.5) is 0 Å². The summed E-state index contributed by atoms with van der Waals surface area (Å²) in [4.78, 5) is 21.8. The van der Waals surface area contributed by atoms with Crippen LogP contribution in [0.3, 0.4) is 0 Å². The molecule has 2 aromatic heterocycles. The average molecular weight is 342 g/mol. The Balaban J connectivity index is 1.64. The molecule has 0 spiro atoms. The molecular weight excluding hydrogens is 320 g/mol. The van der Waals surface area contributed by atoms with Crippen molar-refractivity contribution in [3.8, 4) is 5.75 Å². The number of likely N-dealkylation sites (N-methyl/N-ethyl adjacent to an activating group) is 1. The van der Waals surface area contributed by atoms with Gasteiger partial charge in [0.2, 0.25) is 0 Å². The Morgan fingerprint density at radius 2 is 2.16 bits per heavy atom. The van der Waals surface area contributed by atoms with Gasteiger partial charge in [-0.2, -0.15) is 0 Å². The third kappa shape index (κ3) is 3.65. The van der Waals surface area contributed by atoms with Crippen molar-refractivity contribution < 1.29 is 14.1 Å². The zero-order valence-electron chi connectivity index (χ0n) is 14.9. The maximum Gasteiger partial charge on any atom is 0.275 e. The number of rotatable bonds is 6. The highest BCUT2D eigenvalue weighted by atomic mass is 16.5. The van der Waals surface area contributed by atoms with Crippen LogP contribution in [0.25, 0.3) is 11.0 Å². The van der Waals surface area contributed by atoms with Gasteiger partial charge in [0.1, 0.15) is 17.3 Å². The van der Waals surface area contributed by atoms with Gasteiger partial charge >= 0.3 is 0 Å². The Labute approximate surface area is 146 Å². The van der Waals surface area contributed by atoms with E-state index in [0.717, 1.165) is 22.6 Å². The highest BCUT2D eigenvalue weighted by Gasteiger charge is 2.18. The van der Waals surface area contributed by atoms with Crippen molar-refractivity contribution in [2.24, 2.45) is 0 Å². The molecule has 3 aromatic rings. The van der Waals surface area contributed by atoms with Gasteiger partial charge in [-0.25, -0.2) is 4.98 Å². The third-order valence-corrected chi connectivity index (χ3v) is 4.09. The van der Waals surface area contributed by atoms with Crippen LogP contribution in [0.1, 0.15) is 41.8 Å².